The van der Waals surface area contributed by atoms with Crippen molar-refractivity contribution in [3.8, 4) is 11.5 Å². The van der Waals surface area contributed by atoms with Crippen LogP contribution < -0.4 is 20.5 Å². The summed E-state index contributed by atoms with van der Waals surface area (Å²) in [5, 5.41) is 2.71. The SMILES string of the molecule is COc1c(OCCCCCCCOC(C)=O)ccc2c1CN1C(=N2)NC(=O)C1CC(N)=O. The van der Waals surface area contributed by atoms with Crippen LogP contribution in [0.2, 0.25) is 0 Å². The Labute approximate surface area is 187 Å². The molecular weight excluding hydrogens is 416 g/mol. The highest BCUT2D eigenvalue weighted by Crippen LogP contribution is 2.41. The number of aliphatic imine (C=N–C) groups is 1. The molecule has 174 valence electrons. The van der Waals surface area contributed by atoms with Crippen LogP contribution in [-0.4, -0.2) is 55.0 Å². The van der Waals surface area contributed by atoms with Crippen molar-refractivity contribution in [3.63, 3.8) is 0 Å². The van der Waals surface area contributed by atoms with Gasteiger partial charge in [-0.2, -0.15) is 0 Å². The Hall–Kier alpha value is -3.30. The maximum Gasteiger partial charge on any atom is 0.302 e. The van der Waals surface area contributed by atoms with Crippen molar-refractivity contribution >= 4 is 29.4 Å². The third-order valence-electron chi connectivity index (χ3n) is 5.39. The summed E-state index contributed by atoms with van der Waals surface area (Å²) in [6.45, 7) is 2.79. The van der Waals surface area contributed by atoms with Gasteiger partial charge in [0.1, 0.15) is 6.04 Å². The number of carbonyl (C=O) groups excluding carboxylic acids is 3. The normalized spacial score (nSPS) is 16.6. The Balaban J connectivity index is 1.55. The van der Waals surface area contributed by atoms with E-state index in [0.29, 0.717) is 42.9 Å². The van der Waals surface area contributed by atoms with Crippen LogP contribution in [0.1, 0.15) is 51.0 Å². The molecule has 1 aromatic rings. The van der Waals surface area contributed by atoms with Crippen LogP contribution in [0, 0.1) is 0 Å². The quantitative estimate of drug-likeness (QED) is 0.369. The molecule has 1 unspecified atom stereocenters. The second-order valence-electron chi connectivity index (χ2n) is 7.79. The number of fused-ring (bicyclic) bond motifs is 2. The van der Waals surface area contributed by atoms with Crippen molar-refractivity contribution in [1.82, 2.24) is 10.2 Å². The first kappa shape index (κ1) is 23.4. The lowest BCUT2D eigenvalue weighted by Gasteiger charge is -2.29. The van der Waals surface area contributed by atoms with Gasteiger partial charge in [0, 0.05) is 12.5 Å². The third-order valence-corrected chi connectivity index (χ3v) is 5.39. The second kappa shape index (κ2) is 10.8. The van der Waals surface area contributed by atoms with Gasteiger partial charge in [-0.05, 0) is 25.0 Å². The molecule has 2 amide bonds. The summed E-state index contributed by atoms with van der Waals surface area (Å²) in [5.41, 5.74) is 6.79. The van der Waals surface area contributed by atoms with Crippen LogP contribution >= 0.6 is 0 Å². The lowest BCUT2D eigenvalue weighted by atomic mass is 10.1. The maximum absolute atomic E-state index is 12.2. The van der Waals surface area contributed by atoms with Crippen LogP contribution in [-0.2, 0) is 25.7 Å². The zero-order valence-corrected chi connectivity index (χ0v) is 18.5. The topological polar surface area (TPSA) is 133 Å². The monoisotopic (exact) mass is 446 g/mol. The predicted molar refractivity (Wildman–Crippen MR) is 117 cm³/mol. The summed E-state index contributed by atoms with van der Waals surface area (Å²) in [5.74, 6) is 0.522. The highest BCUT2D eigenvalue weighted by Gasteiger charge is 2.40. The fraction of sp³-hybridized carbons (Fsp3) is 0.545. The zero-order chi connectivity index (χ0) is 23.1. The average Bonchev–Trinajstić information content (AvgIpc) is 3.04. The van der Waals surface area contributed by atoms with Crippen molar-refractivity contribution in [3.05, 3.63) is 17.7 Å². The molecule has 0 aromatic heterocycles. The molecule has 2 aliphatic rings. The molecule has 2 aliphatic heterocycles. The molecule has 10 heteroatoms. The lowest BCUT2D eigenvalue weighted by molar-refractivity contribution is -0.141. The predicted octanol–water partition coefficient (Wildman–Crippen LogP) is 1.76. The molecule has 3 N–H and O–H groups in total. The van der Waals surface area contributed by atoms with Crippen molar-refractivity contribution < 1.29 is 28.6 Å². The fourth-order valence-electron chi connectivity index (χ4n) is 3.83. The molecule has 1 atom stereocenters. The Morgan fingerprint density at radius 2 is 1.91 bits per heavy atom. The van der Waals surface area contributed by atoms with Gasteiger partial charge in [0.05, 0.1) is 39.0 Å². The molecule has 32 heavy (non-hydrogen) atoms. The fourth-order valence-corrected chi connectivity index (χ4v) is 3.83. The number of nitrogens with two attached hydrogens (primary N) is 1. The van der Waals surface area contributed by atoms with E-state index < -0.39 is 11.9 Å². The molecule has 10 nitrogen and oxygen atoms in total. The van der Waals surface area contributed by atoms with Gasteiger partial charge < -0.3 is 24.8 Å². The number of hydrogen-bond donors (Lipinski definition) is 2. The van der Waals surface area contributed by atoms with Crippen LogP contribution in [0.5, 0.6) is 11.5 Å². The summed E-state index contributed by atoms with van der Waals surface area (Å²) in [6, 6.07) is 2.96. The zero-order valence-electron chi connectivity index (χ0n) is 18.5. The van der Waals surface area contributed by atoms with E-state index in [1.54, 1.807) is 12.0 Å². The van der Waals surface area contributed by atoms with Crippen LogP contribution in [0.25, 0.3) is 0 Å². The number of nitrogens with one attached hydrogen (secondary N) is 1. The van der Waals surface area contributed by atoms with Gasteiger partial charge in [0.25, 0.3) is 0 Å². The molecule has 3 rings (SSSR count). The number of amides is 2. The molecule has 0 radical (unpaired) electrons. The van der Waals surface area contributed by atoms with Crippen molar-refractivity contribution in [2.24, 2.45) is 10.7 Å². The number of esters is 1. The number of carbonyl (C=O) groups is 3. The molecular formula is C22H30N4O6. The van der Waals surface area contributed by atoms with Gasteiger partial charge in [-0.3, -0.25) is 19.7 Å². The summed E-state index contributed by atoms with van der Waals surface area (Å²) in [4.78, 5) is 40.6. The number of rotatable bonds is 12. The number of methoxy groups -OCH3 is 1. The van der Waals surface area contributed by atoms with Gasteiger partial charge >= 0.3 is 5.97 Å². The Kier molecular flexibility index (Phi) is 7.91. The Morgan fingerprint density at radius 1 is 1.19 bits per heavy atom. The second-order valence-corrected chi connectivity index (χ2v) is 7.79. The number of benzene rings is 1. The van der Waals surface area contributed by atoms with E-state index in [4.69, 9.17) is 19.9 Å². The van der Waals surface area contributed by atoms with E-state index in [0.717, 1.165) is 37.7 Å². The van der Waals surface area contributed by atoms with Gasteiger partial charge in [-0.25, -0.2) is 4.99 Å². The molecule has 2 heterocycles. The summed E-state index contributed by atoms with van der Waals surface area (Å²) >= 11 is 0. The summed E-state index contributed by atoms with van der Waals surface area (Å²) in [6.07, 6.45) is 4.73. The first-order valence-corrected chi connectivity index (χ1v) is 10.8. The lowest BCUT2D eigenvalue weighted by Crippen LogP contribution is -2.39. The van der Waals surface area contributed by atoms with Crippen molar-refractivity contribution in [2.75, 3.05) is 20.3 Å². The molecule has 0 spiro atoms. The van der Waals surface area contributed by atoms with Gasteiger partial charge in [0.2, 0.25) is 17.8 Å². The first-order chi connectivity index (χ1) is 15.4. The van der Waals surface area contributed by atoms with E-state index in [2.05, 4.69) is 10.3 Å². The van der Waals surface area contributed by atoms with E-state index in [-0.39, 0.29) is 18.3 Å². The number of guanidine groups is 1. The van der Waals surface area contributed by atoms with Crippen LogP contribution in [0.15, 0.2) is 17.1 Å². The minimum Gasteiger partial charge on any atom is -0.492 e. The van der Waals surface area contributed by atoms with E-state index in [1.165, 1.54) is 6.92 Å². The van der Waals surface area contributed by atoms with Crippen LogP contribution in [0.4, 0.5) is 5.69 Å². The number of unbranched alkanes of at least 4 members (excludes halogenated alkanes) is 4. The Morgan fingerprint density at radius 3 is 2.59 bits per heavy atom. The minimum atomic E-state index is -0.686. The molecule has 1 fully saturated rings. The maximum atomic E-state index is 12.2. The van der Waals surface area contributed by atoms with E-state index in [1.807, 2.05) is 12.1 Å². The molecule has 0 saturated carbocycles. The summed E-state index contributed by atoms with van der Waals surface area (Å²) < 4.78 is 16.5. The molecule has 0 aliphatic carbocycles. The Bertz CT molecular complexity index is 901. The van der Waals surface area contributed by atoms with Gasteiger partial charge in [-0.15, -0.1) is 0 Å². The largest absolute Gasteiger partial charge is 0.492 e. The molecule has 0 bridgehead atoms. The number of nitrogens with zero attached hydrogens (tertiary/aromatic N) is 2. The van der Waals surface area contributed by atoms with Gasteiger partial charge in [-0.1, -0.05) is 19.3 Å². The summed E-state index contributed by atoms with van der Waals surface area (Å²) in [7, 11) is 1.57. The third kappa shape index (κ3) is 5.68. The highest BCUT2D eigenvalue weighted by atomic mass is 16.5. The van der Waals surface area contributed by atoms with Gasteiger partial charge in [0.15, 0.2) is 11.5 Å². The van der Waals surface area contributed by atoms with Crippen LogP contribution in [0.3, 0.4) is 0 Å². The first-order valence-electron chi connectivity index (χ1n) is 10.8. The van der Waals surface area contributed by atoms with E-state index in [9.17, 15) is 14.4 Å². The molecule has 1 aromatic carbocycles. The van der Waals surface area contributed by atoms with E-state index >= 15 is 0 Å². The van der Waals surface area contributed by atoms with Crippen molar-refractivity contribution in [2.45, 2.75) is 58.0 Å². The van der Waals surface area contributed by atoms with Crippen molar-refractivity contribution in [1.29, 1.82) is 0 Å². The number of ether oxygens (including phenoxy) is 3. The average molecular weight is 447 g/mol. The minimum absolute atomic E-state index is 0.0838. The smallest absolute Gasteiger partial charge is 0.302 e. The highest BCUT2D eigenvalue weighted by molar-refractivity contribution is 6.09. The number of primary amides is 1. The number of hydrogen-bond acceptors (Lipinski definition) is 8. The molecule has 1 saturated heterocycles. The standard InChI is InChI=1S/C22H30N4O6/c1-14(27)31-10-6-4-3-5-7-11-32-18-9-8-16-15(20(18)30-2)13-26-17(12-19(23)28)21(29)25-22(26)24-16/h8-9,17H,3-7,10-13H2,1-2H3,(H2,23,28)(H,24,25,29).